The maximum absolute atomic E-state index is 11.0. The lowest BCUT2D eigenvalue weighted by Gasteiger charge is -1.93. The second-order valence-corrected chi connectivity index (χ2v) is 3.53. The zero-order chi connectivity index (χ0) is 12.0. The molecule has 1 heterocycles. The van der Waals surface area contributed by atoms with Crippen molar-refractivity contribution in [2.45, 2.75) is 13.8 Å². The van der Waals surface area contributed by atoms with Crippen LogP contribution in [0.2, 0.25) is 0 Å². The van der Waals surface area contributed by atoms with Gasteiger partial charge in [-0.25, -0.2) is 0 Å². The molecular formula is C12H14N2OS. The van der Waals surface area contributed by atoms with Crippen molar-refractivity contribution in [3.05, 3.63) is 47.8 Å². The van der Waals surface area contributed by atoms with Gasteiger partial charge in [-0.2, -0.15) is 5.10 Å². The molecule has 4 heteroatoms. The monoisotopic (exact) mass is 234 g/mol. The second-order valence-electron chi connectivity index (χ2n) is 3.12. The molecule has 0 saturated heterocycles. The van der Waals surface area contributed by atoms with E-state index in [2.05, 4.69) is 22.8 Å². The van der Waals surface area contributed by atoms with Crippen molar-refractivity contribution >= 4 is 23.3 Å². The number of nitrogens with zero attached hydrogens (tertiary/aromatic N) is 1. The van der Waals surface area contributed by atoms with Crippen molar-refractivity contribution < 1.29 is 4.79 Å². The van der Waals surface area contributed by atoms with Crippen LogP contribution in [0.5, 0.6) is 0 Å². The van der Waals surface area contributed by atoms with E-state index < -0.39 is 0 Å². The van der Waals surface area contributed by atoms with Crippen LogP contribution in [0.3, 0.4) is 0 Å². The van der Waals surface area contributed by atoms with Crippen molar-refractivity contribution in [2.75, 3.05) is 0 Å². The van der Waals surface area contributed by atoms with Gasteiger partial charge < -0.3 is 0 Å². The lowest BCUT2D eigenvalue weighted by Crippen LogP contribution is -1.86. The number of allylic oxidation sites excluding steroid dienone is 6. The number of thiol groups is 1. The highest BCUT2D eigenvalue weighted by Crippen LogP contribution is 2.15. The molecule has 1 rings (SSSR count). The number of aromatic amines is 1. The first-order valence-corrected chi connectivity index (χ1v) is 5.38. The smallest absolute Gasteiger partial charge is 0.234 e. The summed E-state index contributed by atoms with van der Waals surface area (Å²) in [6, 6.07) is 1.69. The molecule has 0 fully saturated rings. The van der Waals surface area contributed by atoms with E-state index in [9.17, 15) is 4.79 Å². The number of rotatable bonds is 4. The Kier molecular flexibility index (Phi) is 4.79. The van der Waals surface area contributed by atoms with Crippen molar-refractivity contribution in [2.24, 2.45) is 0 Å². The van der Waals surface area contributed by atoms with E-state index in [0.717, 1.165) is 11.3 Å². The average molecular weight is 234 g/mol. The lowest BCUT2D eigenvalue weighted by molar-refractivity contribution is 0.108. The SMILES string of the molecule is C\C=C/C=C(\C=C/C)c1cc(C(=O)S)[nH]n1. The van der Waals surface area contributed by atoms with Crippen LogP contribution in [0.15, 0.2) is 36.4 Å². The highest BCUT2D eigenvalue weighted by Gasteiger charge is 2.07. The lowest BCUT2D eigenvalue weighted by atomic mass is 10.1. The quantitative estimate of drug-likeness (QED) is 0.621. The fraction of sp³-hybridized carbons (Fsp3) is 0.167. The minimum Gasteiger partial charge on any atom is -0.280 e. The molecule has 16 heavy (non-hydrogen) atoms. The summed E-state index contributed by atoms with van der Waals surface area (Å²) in [5.74, 6) is 0. The summed E-state index contributed by atoms with van der Waals surface area (Å²) in [7, 11) is 0. The van der Waals surface area contributed by atoms with E-state index in [1.165, 1.54) is 0 Å². The summed E-state index contributed by atoms with van der Waals surface area (Å²) >= 11 is 3.73. The number of carbonyl (C=O) groups is 1. The molecule has 0 amide bonds. The number of aromatic nitrogens is 2. The van der Waals surface area contributed by atoms with E-state index in [1.807, 2.05) is 44.2 Å². The Labute approximate surface area is 100 Å². The molecule has 0 aliphatic heterocycles. The molecule has 1 aromatic heterocycles. The molecule has 0 aliphatic carbocycles. The summed E-state index contributed by atoms with van der Waals surface area (Å²) in [4.78, 5) is 11.0. The maximum Gasteiger partial charge on any atom is 0.234 e. The van der Waals surface area contributed by atoms with Crippen LogP contribution >= 0.6 is 12.6 Å². The van der Waals surface area contributed by atoms with Crippen LogP contribution < -0.4 is 0 Å². The van der Waals surface area contributed by atoms with Crippen LogP contribution in [0.4, 0.5) is 0 Å². The molecule has 1 aromatic rings. The summed E-state index contributed by atoms with van der Waals surface area (Å²) in [6.07, 6.45) is 9.64. The van der Waals surface area contributed by atoms with Gasteiger partial charge in [-0.05, 0) is 19.9 Å². The standard InChI is InChI=1S/C12H14N2OS/c1-3-5-7-9(6-4-2)10-8-11(12(15)16)14-13-10/h3-8H,1-2H3,(H,13,14)(H,15,16)/b5-3-,6-4-,9-7+. The molecule has 0 aromatic carbocycles. The molecule has 84 valence electrons. The fourth-order valence-electron chi connectivity index (χ4n) is 1.18. The molecular weight excluding hydrogens is 220 g/mol. The topological polar surface area (TPSA) is 45.8 Å². The van der Waals surface area contributed by atoms with Gasteiger partial charge in [-0.1, -0.05) is 43.0 Å². The summed E-state index contributed by atoms with van der Waals surface area (Å²) in [5, 5.41) is 6.39. The second kappa shape index (κ2) is 6.12. The predicted octanol–water partition coefficient (Wildman–Crippen LogP) is 3.02. The van der Waals surface area contributed by atoms with Crippen LogP contribution in [-0.2, 0) is 0 Å². The van der Waals surface area contributed by atoms with Gasteiger partial charge in [0.25, 0.3) is 0 Å². The summed E-state index contributed by atoms with van der Waals surface area (Å²) < 4.78 is 0. The Morgan fingerprint density at radius 3 is 2.69 bits per heavy atom. The van der Waals surface area contributed by atoms with E-state index in [0.29, 0.717) is 5.69 Å². The Hall–Kier alpha value is -1.55. The molecule has 0 radical (unpaired) electrons. The highest BCUT2D eigenvalue weighted by molar-refractivity contribution is 7.97. The Morgan fingerprint density at radius 1 is 1.44 bits per heavy atom. The molecule has 0 spiro atoms. The van der Waals surface area contributed by atoms with Gasteiger partial charge in [0.2, 0.25) is 5.12 Å². The molecule has 1 N–H and O–H groups in total. The van der Waals surface area contributed by atoms with Gasteiger partial charge in [-0.15, -0.1) is 0 Å². The minimum atomic E-state index is -0.315. The van der Waals surface area contributed by atoms with Crippen molar-refractivity contribution in [1.82, 2.24) is 10.2 Å². The third-order valence-corrected chi connectivity index (χ3v) is 2.16. The van der Waals surface area contributed by atoms with Crippen molar-refractivity contribution in [3.8, 4) is 0 Å². The number of nitrogens with one attached hydrogen (secondary N) is 1. The van der Waals surface area contributed by atoms with E-state index >= 15 is 0 Å². The largest absolute Gasteiger partial charge is 0.280 e. The first-order chi connectivity index (χ1) is 7.69. The van der Waals surface area contributed by atoms with Gasteiger partial charge in [0.15, 0.2) is 0 Å². The minimum absolute atomic E-state index is 0.315. The van der Waals surface area contributed by atoms with Gasteiger partial charge in [0, 0.05) is 5.57 Å². The Balaban J connectivity index is 3.06. The molecule has 3 nitrogen and oxygen atoms in total. The molecule has 0 saturated carbocycles. The molecule has 0 atom stereocenters. The number of carbonyl (C=O) groups excluding carboxylic acids is 1. The van der Waals surface area contributed by atoms with Gasteiger partial charge in [-0.3, -0.25) is 9.89 Å². The van der Waals surface area contributed by atoms with Crippen LogP contribution in [0.1, 0.15) is 30.0 Å². The van der Waals surface area contributed by atoms with Crippen molar-refractivity contribution in [3.63, 3.8) is 0 Å². The number of H-pyrrole nitrogens is 1. The van der Waals surface area contributed by atoms with Gasteiger partial charge in [0.05, 0.1) is 5.69 Å². The van der Waals surface area contributed by atoms with Crippen LogP contribution in [0.25, 0.3) is 5.57 Å². The van der Waals surface area contributed by atoms with Gasteiger partial charge in [0.1, 0.15) is 5.69 Å². The number of hydrogen-bond acceptors (Lipinski definition) is 2. The van der Waals surface area contributed by atoms with Gasteiger partial charge >= 0.3 is 0 Å². The Bertz CT molecular complexity index is 455. The predicted molar refractivity (Wildman–Crippen MR) is 69.5 cm³/mol. The first-order valence-electron chi connectivity index (χ1n) is 4.93. The van der Waals surface area contributed by atoms with Crippen LogP contribution in [-0.4, -0.2) is 15.3 Å². The van der Waals surface area contributed by atoms with Crippen molar-refractivity contribution in [1.29, 1.82) is 0 Å². The third kappa shape index (κ3) is 3.24. The van der Waals surface area contributed by atoms with E-state index in [4.69, 9.17) is 0 Å². The zero-order valence-corrected chi connectivity index (χ0v) is 10.2. The molecule has 0 bridgehead atoms. The zero-order valence-electron chi connectivity index (χ0n) is 9.27. The summed E-state index contributed by atoms with van der Waals surface area (Å²) in [5.41, 5.74) is 2.07. The Morgan fingerprint density at radius 2 is 2.19 bits per heavy atom. The first kappa shape index (κ1) is 12.5. The molecule has 0 unspecified atom stereocenters. The molecule has 0 aliphatic rings. The highest BCUT2D eigenvalue weighted by atomic mass is 32.1. The maximum atomic E-state index is 11.0. The number of hydrogen-bond donors (Lipinski definition) is 2. The van der Waals surface area contributed by atoms with E-state index in [-0.39, 0.29) is 5.12 Å². The van der Waals surface area contributed by atoms with Crippen LogP contribution in [0, 0.1) is 0 Å². The fourth-order valence-corrected chi connectivity index (χ4v) is 1.30. The van der Waals surface area contributed by atoms with E-state index in [1.54, 1.807) is 6.07 Å². The average Bonchev–Trinajstić information content (AvgIpc) is 2.73. The normalized spacial score (nSPS) is 12.8. The summed E-state index contributed by atoms with van der Waals surface area (Å²) in [6.45, 7) is 3.87. The third-order valence-electron chi connectivity index (χ3n) is 1.92.